The third-order valence-electron chi connectivity index (χ3n) is 3.34. The number of ether oxygens (including phenoxy) is 2. The fourth-order valence-electron chi connectivity index (χ4n) is 2.07. The molecule has 3 aromatic rings. The van der Waals surface area contributed by atoms with Crippen molar-refractivity contribution < 1.29 is 9.47 Å². The SMILES string of the molecule is Cc1cc(OCc2nc(SCCOc3ccccc3)n[nH]2)ccc1Cl. The molecule has 7 heteroatoms. The molecule has 0 atom stereocenters. The Morgan fingerprint density at radius 1 is 1.08 bits per heavy atom. The number of halogens is 1. The number of aryl methyl sites for hydroxylation is 1. The highest BCUT2D eigenvalue weighted by Gasteiger charge is 2.06. The van der Waals surface area contributed by atoms with Crippen LogP contribution in [0.15, 0.2) is 53.7 Å². The summed E-state index contributed by atoms with van der Waals surface area (Å²) in [4.78, 5) is 4.40. The van der Waals surface area contributed by atoms with Gasteiger partial charge in [-0.1, -0.05) is 41.6 Å². The zero-order chi connectivity index (χ0) is 17.5. The van der Waals surface area contributed by atoms with E-state index in [0.717, 1.165) is 27.8 Å². The maximum atomic E-state index is 6.00. The summed E-state index contributed by atoms with van der Waals surface area (Å²) in [6.45, 7) is 2.87. The maximum Gasteiger partial charge on any atom is 0.208 e. The summed E-state index contributed by atoms with van der Waals surface area (Å²) in [7, 11) is 0. The van der Waals surface area contributed by atoms with Gasteiger partial charge in [0.1, 0.15) is 18.1 Å². The number of nitrogens with zero attached hydrogens (tertiary/aromatic N) is 2. The first-order chi connectivity index (χ1) is 12.2. The summed E-state index contributed by atoms with van der Waals surface area (Å²) in [6, 6.07) is 15.3. The molecule has 25 heavy (non-hydrogen) atoms. The predicted molar refractivity (Wildman–Crippen MR) is 99.6 cm³/mol. The molecule has 5 nitrogen and oxygen atoms in total. The molecule has 0 bridgehead atoms. The molecule has 0 fully saturated rings. The lowest BCUT2D eigenvalue weighted by Gasteiger charge is -2.05. The average Bonchev–Trinajstić information content (AvgIpc) is 3.08. The van der Waals surface area contributed by atoms with E-state index in [1.807, 2.05) is 55.5 Å². The lowest BCUT2D eigenvalue weighted by Crippen LogP contribution is -2.00. The summed E-state index contributed by atoms with van der Waals surface area (Å²) < 4.78 is 11.3. The zero-order valence-corrected chi connectivity index (χ0v) is 15.3. The van der Waals surface area contributed by atoms with Crippen LogP contribution in [0.5, 0.6) is 11.5 Å². The zero-order valence-electron chi connectivity index (χ0n) is 13.7. The predicted octanol–water partition coefficient (Wildman–Crippen LogP) is 4.52. The lowest BCUT2D eigenvalue weighted by molar-refractivity contribution is 0.296. The van der Waals surface area contributed by atoms with Crippen molar-refractivity contribution in [3.63, 3.8) is 0 Å². The van der Waals surface area contributed by atoms with Crippen LogP contribution in [-0.2, 0) is 6.61 Å². The maximum absolute atomic E-state index is 6.00. The Labute approximate surface area is 155 Å². The minimum absolute atomic E-state index is 0.329. The fraction of sp³-hybridized carbons (Fsp3) is 0.222. The van der Waals surface area contributed by atoms with E-state index in [1.165, 1.54) is 11.8 Å². The molecule has 0 spiro atoms. The van der Waals surface area contributed by atoms with E-state index in [0.29, 0.717) is 24.2 Å². The Kier molecular flexibility index (Phi) is 6.19. The first-order valence-corrected chi connectivity index (χ1v) is 9.18. The molecule has 0 saturated heterocycles. The van der Waals surface area contributed by atoms with Crippen LogP contribution >= 0.6 is 23.4 Å². The number of aromatic amines is 1. The van der Waals surface area contributed by atoms with E-state index in [9.17, 15) is 0 Å². The molecule has 0 aliphatic heterocycles. The van der Waals surface area contributed by atoms with Crippen LogP contribution in [0, 0.1) is 6.92 Å². The van der Waals surface area contributed by atoms with Crippen LogP contribution in [0.1, 0.15) is 11.4 Å². The molecule has 0 radical (unpaired) electrons. The van der Waals surface area contributed by atoms with Crippen LogP contribution in [0.25, 0.3) is 0 Å². The van der Waals surface area contributed by atoms with Crippen LogP contribution in [0.4, 0.5) is 0 Å². The molecule has 0 aliphatic carbocycles. The molecule has 1 N–H and O–H groups in total. The number of H-pyrrole nitrogens is 1. The van der Waals surface area contributed by atoms with E-state index in [2.05, 4.69) is 15.2 Å². The molecule has 130 valence electrons. The number of hydrogen-bond donors (Lipinski definition) is 1. The summed E-state index contributed by atoms with van der Waals surface area (Å²) in [5, 5.41) is 8.47. The van der Waals surface area contributed by atoms with Crippen molar-refractivity contribution in [1.29, 1.82) is 0 Å². The standard InChI is InChI=1S/C18H18ClN3O2S/c1-13-11-15(7-8-16(13)19)24-12-17-20-18(22-21-17)25-10-9-23-14-5-3-2-4-6-14/h2-8,11H,9-10,12H2,1H3,(H,20,21,22). The van der Waals surface area contributed by atoms with Gasteiger partial charge in [0.25, 0.3) is 0 Å². The highest BCUT2D eigenvalue weighted by Crippen LogP contribution is 2.21. The normalized spacial score (nSPS) is 10.6. The van der Waals surface area contributed by atoms with Crippen LogP contribution in [-0.4, -0.2) is 27.5 Å². The van der Waals surface area contributed by atoms with Gasteiger partial charge in [-0.2, -0.15) is 0 Å². The Bertz CT molecular complexity index is 811. The average molecular weight is 376 g/mol. The van der Waals surface area contributed by atoms with Crippen LogP contribution in [0.3, 0.4) is 0 Å². The van der Waals surface area contributed by atoms with Gasteiger partial charge in [0.05, 0.1) is 6.61 Å². The number of rotatable bonds is 8. The largest absolute Gasteiger partial charge is 0.493 e. The summed E-state index contributed by atoms with van der Waals surface area (Å²) in [6.07, 6.45) is 0. The third-order valence-corrected chi connectivity index (χ3v) is 4.58. The monoisotopic (exact) mass is 375 g/mol. The molecule has 1 aromatic heterocycles. The minimum atomic E-state index is 0.329. The van der Waals surface area contributed by atoms with Gasteiger partial charge >= 0.3 is 0 Å². The molecule has 0 amide bonds. The van der Waals surface area contributed by atoms with Gasteiger partial charge in [-0.25, -0.2) is 4.98 Å². The van der Waals surface area contributed by atoms with Crippen molar-refractivity contribution in [2.24, 2.45) is 0 Å². The molecule has 3 rings (SSSR count). The van der Waals surface area contributed by atoms with Gasteiger partial charge < -0.3 is 9.47 Å². The van der Waals surface area contributed by atoms with Crippen molar-refractivity contribution >= 4 is 23.4 Å². The summed E-state index contributed by atoms with van der Waals surface area (Å²) in [5.41, 5.74) is 0.978. The first-order valence-electron chi connectivity index (χ1n) is 7.81. The number of hydrogen-bond acceptors (Lipinski definition) is 5. The van der Waals surface area contributed by atoms with Crippen molar-refractivity contribution in [3.8, 4) is 11.5 Å². The second-order valence-electron chi connectivity index (χ2n) is 5.27. The van der Waals surface area contributed by atoms with Gasteiger partial charge in [0.2, 0.25) is 5.16 Å². The molecular formula is C18H18ClN3O2S. The molecule has 1 heterocycles. The molecule has 0 unspecified atom stereocenters. The minimum Gasteiger partial charge on any atom is -0.493 e. The van der Waals surface area contributed by atoms with Gasteiger partial charge in [-0.3, -0.25) is 5.10 Å². The lowest BCUT2D eigenvalue weighted by atomic mass is 10.2. The van der Waals surface area contributed by atoms with Crippen molar-refractivity contribution in [2.45, 2.75) is 18.7 Å². The van der Waals surface area contributed by atoms with Crippen molar-refractivity contribution in [3.05, 3.63) is 64.9 Å². The van der Waals surface area contributed by atoms with E-state index in [1.54, 1.807) is 0 Å². The Hall–Kier alpha value is -2.18. The van der Waals surface area contributed by atoms with Gasteiger partial charge in [-0.05, 0) is 42.8 Å². The quantitative estimate of drug-likeness (QED) is 0.463. The van der Waals surface area contributed by atoms with Crippen molar-refractivity contribution in [2.75, 3.05) is 12.4 Å². The summed E-state index contributed by atoms with van der Waals surface area (Å²) >= 11 is 7.54. The highest BCUT2D eigenvalue weighted by molar-refractivity contribution is 7.99. The van der Waals surface area contributed by atoms with E-state index in [-0.39, 0.29) is 0 Å². The highest BCUT2D eigenvalue weighted by atomic mass is 35.5. The van der Waals surface area contributed by atoms with E-state index >= 15 is 0 Å². The van der Waals surface area contributed by atoms with Crippen LogP contribution in [0.2, 0.25) is 5.02 Å². The van der Waals surface area contributed by atoms with Gasteiger partial charge in [0.15, 0.2) is 5.82 Å². The Morgan fingerprint density at radius 3 is 2.72 bits per heavy atom. The summed E-state index contributed by atoms with van der Waals surface area (Å²) in [5.74, 6) is 3.07. The Morgan fingerprint density at radius 2 is 1.92 bits per heavy atom. The fourth-order valence-corrected chi connectivity index (χ4v) is 2.83. The number of thioether (sulfide) groups is 1. The second kappa shape index (κ2) is 8.78. The topological polar surface area (TPSA) is 60.0 Å². The van der Waals surface area contributed by atoms with Crippen molar-refractivity contribution in [1.82, 2.24) is 15.2 Å². The molecular weight excluding hydrogens is 358 g/mol. The van der Waals surface area contributed by atoms with Crippen LogP contribution < -0.4 is 9.47 Å². The van der Waals surface area contributed by atoms with E-state index in [4.69, 9.17) is 21.1 Å². The smallest absolute Gasteiger partial charge is 0.208 e. The van der Waals surface area contributed by atoms with Gasteiger partial charge in [-0.15, -0.1) is 5.10 Å². The number of aromatic nitrogens is 3. The Balaban J connectivity index is 1.42. The number of benzene rings is 2. The van der Waals surface area contributed by atoms with Gasteiger partial charge in [0, 0.05) is 10.8 Å². The molecule has 0 saturated carbocycles. The number of nitrogens with one attached hydrogen (secondary N) is 1. The molecule has 2 aromatic carbocycles. The molecule has 0 aliphatic rings. The first kappa shape index (κ1) is 17.6. The third kappa shape index (κ3) is 5.41. The second-order valence-corrected chi connectivity index (χ2v) is 6.74. The van der Waals surface area contributed by atoms with E-state index < -0.39 is 0 Å². The number of para-hydroxylation sites is 1.